The molecule has 0 spiro atoms. The van der Waals surface area contributed by atoms with Crippen LogP contribution in [-0.2, 0) is 20.3 Å². The van der Waals surface area contributed by atoms with E-state index in [9.17, 15) is 22.6 Å². The molecule has 2 heterocycles. The molecule has 2 fully saturated rings. The number of nitrogens with one attached hydrogen (secondary N) is 1. The lowest BCUT2D eigenvalue weighted by Crippen LogP contribution is -2.38. The Morgan fingerprint density at radius 2 is 1.92 bits per heavy atom. The van der Waals surface area contributed by atoms with Crippen LogP contribution in [-0.4, -0.2) is 60.5 Å². The molecule has 0 aliphatic carbocycles. The number of benzene rings is 1. The van der Waals surface area contributed by atoms with Crippen molar-refractivity contribution in [1.29, 1.82) is 0 Å². The second-order valence-electron chi connectivity index (χ2n) is 5.74. The van der Waals surface area contributed by atoms with Gasteiger partial charge in [-0.15, -0.1) is 0 Å². The molecule has 2 amide bonds. The topological polar surface area (TPSA) is 79.0 Å². The molecule has 10 heteroatoms. The summed E-state index contributed by atoms with van der Waals surface area (Å²) in [6.07, 6.45) is -0.825. The fourth-order valence-electron chi connectivity index (χ4n) is 2.89. The van der Waals surface area contributed by atoms with Crippen LogP contribution in [0, 0.1) is 11.6 Å². The van der Waals surface area contributed by atoms with Crippen LogP contribution in [0.25, 0.3) is 0 Å². The third kappa shape index (κ3) is 3.73. The Kier molecular flexibility index (Phi) is 5.16. The number of halogens is 2. The molecule has 0 radical (unpaired) electrons. The molecule has 1 N–H and O–H groups in total. The molecular formula is C15H17F2N3O4S. The fourth-order valence-corrected chi connectivity index (χ4v) is 3.94. The highest BCUT2D eigenvalue weighted by molar-refractivity contribution is 7.85. The van der Waals surface area contributed by atoms with Crippen molar-refractivity contribution >= 4 is 34.7 Å². The fraction of sp³-hybridized carbons (Fsp3) is 0.467. The zero-order chi connectivity index (χ0) is 18.0. The van der Waals surface area contributed by atoms with Crippen LogP contribution in [0.15, 0.2) is 12.1 Å². The minimum absolute atomic E-state index is 0.0536. The first-order chi connectivity index (χ1) is 12.0. The Bertz CT molecular complexity index is 685. The maximum Gasteiger partial charge on any atom is 0.414 e. The van der Waals surface area contributed by atoms with Gasteiger partial charge >= 0.3 is 6.09 Å². The second kappa shape index (κ2) is 7.34. The number of ether oxygens (including phenoxy) is 1. The van der Waals surface area contributed by atoms with E-state index >= 15 is 0 Å². The van der Waals surface area contributed by atoms with Crippen molar-refractivity contribution < 1.29 is 27.3 Å². The highest BCUT2D eigenvalue weighted by Gasteiger charge is 2.33. The summed E-state index contributed by atoms with van der Waals surface area (Å²) in [7, 11) is -0.953. The minimum atomic E-state index is -0.953. The lowest BCUT2D eigenvalue weighted by Gasteiger charge is -2.29. The maximum atomic E-state index is 14.5. The van der Waals surface area contributed by atoms with E-state index in [1.165, 1.54) is 4.90 Å². The predicted octanol–water partition coefficient (Wildman–Crippen LogP) is 0.605. The zero-order valence-electron chi connectivity index (χ0n) is 13.2. The lowest BCUT2D eigenvalue weighted by molar-refractivity contribution is -0.109. The summed E-state index contributed by atoms with van der Waals surface area (Å²) in [6.45, 7) is 0.830. The quantitative estimate of drug-likeness (QED) is 0.765. The molecule has 3 rings (SSSR count). The molecule has 1 unspecified atom stereocenters. The molecule has 136 valence electrons. The van der Waals surface area contributed by atoms with E-state index in [4.69, 9.17) is 4.74 Å². The number of nitrogens with zero attached hydrogens (tertiary/aromatic N) is 2. The third-order valence-corrected chi connectivity index (χ3v) is 5.39. The van der Waals surface area contributed by atoms with Gasteiger partial charge in [0, 0.05) is 47.5 Å². The molecular weight excluding hydrogens is 356 g/mol. The Morgan fingerprint density at radius 3 is 2.52 bits per heavy atom. The molecule has 2 aliphatic heterocycles. The zero-order valence-corrected chi connectivity index (χ0v) is 14.1. The molecule has 0 bridgehead atoms. The van der Waals surface area contributed by atoms with Crippen molar-refractivity contribution in [3.63, 3.8) is 0 Å². The van der Waals surface area contributed by atoms with Gasteiger partial charge in [0.25, 0.3) is 0 Å². The van der Waals surface area contributed by atoms with E-state index in [0.717, 1.165) is 17.0 Å². The monoisotopic (exact) mass is 373 g/mol. The number of anilines is 2. The minimum Gasteiger partial charge on any atom is -0.442 e. The van der Waals surface area contributed by atoms with E-state index in [1.807, 2.05) is 0 Å². The summed E-state index contributed by atoms with van der Waals surface area (Å²) in [5.74, 6) is -0.843. The van der Waals surface area contributed by atoms with E-state index < -0.39 is 34.6 Å². The number of carbonyl (C=O) groups is 2. The smallest absolute Gasteiger partial charge is 0.414 e. The van der Waals surface area contributed by atoms with Gasteiger partial charge < -0.3 is 15.0 Å². The summed E-state index contributed by atoms with van der Waals surface area (Å²) >= 11 is 0. The van der Waals surface area contributed by atoms with Gasteiger partial charge in [-0.1, -0.05) is 0 Å². The Morgan fingerprint density at radius 1 is 1.28 bits per heavy atom. The average molecular weight is 373 g/mol. The van der Waals surface area contributed by atoms with Gasteiger partial charge in [-0.05, 0) is 0 Å². The lowest BCUT2D eigenvalue weighted by atomic mass is 10.2. The SMILES string of the molecule is O=CNCC1CN(c2cc(F)c(N3CCS(=O)CC3)c(F)c2)C(=O)O1. The first kappa shape index (κ1) is 17.6. The molecule has 25 heavy (non-hydrogen) atoms. The van der Waals surface area contributed by atoms with Crippen molar-refractivity contribution in [2.75, 3.05) is 47.5 Å². The van der Waals surface area contributed by atoms with Gasteiger partial charge in [0.1, 0.15) is 11.8 Å². The Balaban J connectivity index is 1.79. The van der Waals surface area contributed by atoms with Gasteiger partial charge in [-0.3, -0.25) is 13.9 Å². The third-order valence-electron chi connectivity index (χ3n) is 4.11. The molecule has 0 saturated carbocycles. The number of cyclic esters (lactones) is 1. The van der Waals surface area contributed by atoms with Crippen LogP contribution in [0.2, 0.25) is 0 Å². The highest BCUT2D eigenvalue weighted by atomic mass is 32.2. The van der Waals surface area contributed by atoms with Crippen LogP contribution in [0.3, 0.4) is 0 Å². The molecule has 1 atom stereocenters. The van der Waals surface area contributed by atoms with Gasteiger partial charge in [-0.2, -0.15) is 0 Å². The van der Waals surface area contributed by atoms with Crippen LogP contribution in [0.4, 0.5) is 25.0 Å². The van der Waals surface area contributed by atoms with Gasteiger partial charge in [0.2, 0.25) is 6.41 Å². The van der Waals surface area contributed by atoms with Crippen molar-refractivity contribution in [2.45, 2.75) is 6.10 Å². The van der Waals surface area contributed by atoms with E-state index in [0.29, 0.717) is 31.0 Å². The summed E-state index contributed by atoms with van der Waals surface area (Å²) in [4.78, 5) is 24.8. The number of amides is 2. The standard InChI is InChI=1S/C15H17F2N3O4S/c16-12-5-10(20-8-11(7-18-9-21)24-15(20)22)6-13(17)14(12)19-1-3-25(23)4-2-19/h5-6,9,11H,1-4,7-8H2,(H,18,21). The van der Waals surface area contributed by atoms with Crippen molar-refractivity contribution in [3.8, 4) is 0 Å². The van der Waals surface area contributed by atoms with Gasteiger partial charge in [0.05, 0.1) is 18.8 Å². The van der Waals surface area contributed by atoms with Gasteiger partial charge in [0.15, 0.2) is 11.6 Å². The van der Waals surface area contributed by atoms with E-state index in [2.05, 4.69) is 5.32 Å². The van der Waals surface area contributed by atoms with Crippen LogP contribution in [0.1, 0.15) is 0 Å². The Labute approximate surface area is 145 Å². The second-order valence-corrected chi connectivity index (χ2v) is 7.43. The van der Waals surface area contributed by atoms with Gasteiger partial charge in [-0.25, -0.2) is 13.6 Å². The largest absolute Gasteiger partial charge is 0.442 e. The summed E-state index contributed by atoms with van der Waals surface area (Å²) in [6, 6.07) is 2.17. The van der Waals surface area contributed by atoms with Crippen molar-refractivity contribution in [1.82, 2.24) is 5.32 Å². The van der Waals surface area contributed by atoms with Crippen molar-refractivity contribution in [3.05, 3.63) is 23.8 Å². The number of hydrogen-bond acceptors (Lipinski definition) is 5. The van der Waals surface area contributed by atoms with E-state index in [1.54, 1.807) is 0 Å². The summed E-state index contributed by atoms with van der Waals surface area (Å²) in [5.41, 5.74) is -0.120. The van der Waals surface area contributed by atoms with E-state index in [-0.39, 0.29) is 24.5 Å². The molecule has 7 nitrogen and oxygen atoms in total. The number of rotatable bonds is 5. The maximum absolute atomic E-state index is 14.5. The Hall–Kier alpha value is -2.23. The molecule has 2 aliphatic rings. The van der Waals surface area contributed by atoms with Crippen LogP contribution in [0.5, 0.6) is 0 Å². The highest BCUT2D eigenvalue weighted by Crippen LogP contribution is 2.31. The molecule has 1 aromatic carbocycles. The first-order valence-electron chi connectivity index (χ1n) is 7.73. The average Bonchev–Trinajstić information content (AvgIpc) is 2.95. The van der Waals surface area contributed by atoms with Crippen LogP contribution < -0.4 is 15.1 Å². The van der Waals surface area contributed by atoms with Crippen LogP contribution >= 0.6 is 0 Å². The number of hydrogen-bond donors (Lipinski definition) is 1. The molecule has 2 saturated heterocycles. The first-order valence-corrected chi connectivity index (χ1v) is 9.22. The normalized spacial score (nSPS) is 21.4. The molecule has 0 aromatic heterocycles. The van der Waals surface area contributed by atoms with Crippen molar-refractivity contribution in [2.24, 2.45) is 0 Å². The predicted molar refractivity (Wildman–Crippen MR) is 88.1 cm³/mol. The summed E-state index contributed by atoms with van der Waals surface area (Å²) < 4.78 is 45.4. The molecule has 1 aromatic rings. The number of carbonyl (C=O) groups excluding carboxylic acids is 2. The summed E-state index contributed by atoms with van der Waals surface area (Å²) in [5, 5.41) is 2.40.